The van der Waals surface area contributed by atoms with Crippen molar-refractivity contribution in [3.8, 4) is 5.75 Å². The number of nitrogens with zero attached hydrogens (tertiary/aromatic N) is 1. The molecule has 2 rings (SSSR count). The van der Waals surface area contributed by atoms with Gasteiger partial charge in [0, 0.05) is 26.1 Å². The van der Waals surface area contributed by atoms with Crippen molar-refractivity contribution in [3.05, 3.63) is 29.8 Å². The second-order valence-electron chi connectivity index (χ2n) is 6.28. The van der Waals surface area contributed by atoms with E-state index >= 15 is 0 Å². The van der Waals surface area contributed by atoms with E-state index < -0.39 is 0 Å². The van der Waals surface area contributed by atoms with Gasteiger partial charge in [-0.2, -0.15) is 0 Å². The highest BCUT2D eigenvalue weighted by molar-refractivity contribution is 5.75. The largest absolute Gasteiger partial charge is 0.497 e. The maximum absolute atomic E-state index is 12.1. The van der Waals surface area contributed by atoms with Gasteiger partial charge in [0.25, 0.3) is 0 Å². The molecule has 3 amide bonds. The Hall–Kier alpha value is -2.24. The number of carbonyl (C=O) groups excluding carboxylic acids is 2. The van der Waals surface area contributed by atoms with E-state index in [0.29, 0.717) is 32.0 Å². The second kappa shape index (κ2) is 9.15. The van der Waals surface area contributed by atoms with E-state index in [-0.39, 0.29) is 11.9 Å². The summed E-state index contributed by atoms with van der Waals surface area (Å²) in [5, 5.41) is 2.97. The number of hydrogen-bond acceptors (Lipinski definition) is 3. The minimum atomic E-state index is -0.253. The van der Waals surface area contributed by atoms with Crippen LogP contribution in [-0.2, 0) is 11.2 Å². The summed E-state index contributed by atoms with van der Waals surface area (Å²) in [5.41, 5.74) is 6.46. The van der Waals surface area contributed by atoms with Crippen molar-refractivity contribution in [2.45, 2.75) is 32.1 Å². The van der Waals surface area contributed by atoms with Gasteiger partial charge in [-0.1, -0.05) is 12.1 Å². The average Bonchev–Trinajstić information content (AvgIpc) is 2.59. The normalized spacial score (nSPS) is 15.1. The number of piperidine rings is 1. The van der Waals surface area contributed by atoms with Crippen LogP contribution in [0.25, 0.3) is 0 Å². The van der Waals surface area contributed by atoms with Crippen molar-refractivity contribution in [2.75, 3.05) is 26.7 Å². The Morgan fingerprint density at radius 3 is 2.50 bits per heavy atom. The fraction of sp³-hybridized carbons (Fsp3) is 0.556. The number of amides is 3. The zero-order chi connectivity index (χ0) is 17.4. The molecule has 3 N–H and O–H groups in total. The molecule has 1 aromatic carbocycles. The highest BCUT2D eigenvalue weighted by Gasteiger charge is 2.23. The number of hydrogen-bond donors (Lipinski definition) is 2. The Kier molecular flexibility index (Phi) is 6.90. The number of urea groups is 1. The average molecular weight is 333 g/mol. The molecule has 0 aromatic heterocycles. The molecule has 24 heavy (non-hydrogen) atoms. The lowest BCUT2D eigenvalue weighted by Gasteiger charge is -2.31. The maximum Gasteiger partial charge on any atom is 0.317 e. The lowest BCUT2D eigenvalue weighted by atomic mass is 9.93. The third kappa shape index (κ3) is 5.76. The van der Waals surface area contributed by atoms with E-state index in [4.69, 9.17) is 10.5 Å². The molecule has 1 aliphatic heterocycles. The van der Waals surface area contributed by atoms with Crippen molar-refractivity contribution in [3.63, 3.8) is 0 Å². The number of benzene rings is 1. The summed E-state index contributed by atoms with van der Waals surface area (Å²) >= 11 is 0. The molecule has 0 unspecified atom stereocenters. The third-order valence-electron chi connectivity index (χ3n) is 4.47. The summed E-state index contributed by atoms with van der Waals surface area (Å²) in [6.07, 6.45) is 3.95. The Labute approximate surface area is 143 Å². The second-order valence-corrected chi connectivity index (χ2v) is 6.28. The van der Waals surface area contributed by atoms with Crippen molar-refractivity contribution in [2.24, 2.45) is 11.7 Å². The monoisotopic (exact) mass is 333 g/mol. The van der Waals surface area contributed by atoms with Crippen molar-refractivity contribution in [1.29, 1.82) is 0 Å². The van der Waals surface area contributed by atoms with Gasteiger partial charge in [-0.15, -0.1) is 0 Å². The maximum atomic E-state index is 12.1. The highest BCUT2D eigenvalue weighted by atomic mass is 16.5. The van der Waals surface area contributed by atoms with Crippen LogP contribution in [0.1, 0.15) is 31.2 Å². The minimum Gasteiger partial charge on any atom is -0.497 e. The highest BCUT2D eigenvalue weighted by Crippen LogP contribution is 2.20. The zero-order valence-electron chi connectivity index (χ0n) is 14.3. The lowest BCUT2D eigenvalue weighted by Crippen LogP contribution is -2.45. The molecule has 0 spiro atoms. The van der Waals surface area contributed by atoms with E-state index in [1.807, 2.05) is 29.2 Å². The predicted octanol–water partition coefficient (Wildman–Crippen LogP) is 1.92. The number of primary amides is 1. The number of nitrogens with one attached hydrogen (secondary N) is 1. The zero-order valence-corrected chi connectivity index (χ0v) is 14.3. The van der Waals surface area contributed by atoms with Gasteiger partial charge >= 0.3 is 6.03 Å². The Balaban J connectivity index is 1.62. The first kappa shape index (κ1) is 18.1. The third-order valence-corrected chi connectivity index (χ3v) is 4.47. The number of methoxy groups -OCH3 is 1. The summed E-state index contributed by atoms with van der Waals surface area (Å²) in [6.45, 7) is 2.05. The smallest absolute Gasteiger partial charge is 0.317 e. The number of ether oxygens (including phenoxy) is 1. The predicted molar refractivity (Wildman–Crippen MR) is 92.8 cm³/mol. The van der Waals surface area contributed by atoms with Crippen LogP contribution >= 0.6 is 0 Å². The van der Waals surface area contributed by atoms with Crippen LogP contribution in [0.3, 0.4) is 0 Å². The molecule has 1 aromatic rings. The summed E-state index contributed by atoms with van der Waals surface area (Å²) < 4.78 is 5.13. The summed E-state index contributed by atoms with van der Waals surface area (Å²) in [4.78, 5) is 24.9. The molecule has 0 radical (unpaired) electrons. The molecule has 6 nitrogen and oxygen atoms in total. The van der Waals surface area contributed by atoms with Crippen LogP contribution in [0.5, 0.6) is 5.75 Å². The molecule has 132 valence electrons. The fourth-order valence-corrected chi connectivity index (χ4v) is 3.02. The molecule has 0 aliphatic carbocycles. The Morgan fingerprint density at radius 1 is 1.25 bits per heavy atom. The molecular weight excluding hydrogens is 306 g/mol. The van der Waals surface area contributed by atoms with E-state index in [9.17, 15) is 9.59 Å². The standard InChI is InChI=1S/C18H27N3O3/c1-24-16-6-4-14(5-7-16)3-2-10-20-18(23)21-11-8-15(9-12-21)13-17(19)22/h4-7,15H,2-3,8-13H2,1H3,(H2,19,22)(H,20,23). The minimum absolute atomic E-state index is 0.0118. The quantitative estimate of drug-likeness (QED) is 0.748. The van der Waals surface area contributed by atoms with E-state index in [1.165, 1.54) is 5.56 Å². The van der Waals surface area contributed by atoms with Gasteiger partial charge < -0.3 is 20.7 Å². The molecule has 1 heterocycles. The van der Waals surface area contributed by atoms with Gasteiger partial charge in [0.05, 0.1) is 7.11 Å². The number of rotatable bonds is 7. The van der Waals surface area contributed by atoms with Gasteiger partial charge in [-0.3, -0.25) is 4.79 Å². The first-order valence-corrected chi connectivity index (χ1v) is 8.52. The molecular formula is C18H27N3O3. The Morgan fingerprint density at radius 2 is 1.92 bits per heavy atom. The van der Waals surface area contributed by atoms with Crippen molar-refractivity contribution >= 4 is 11.9 Å². The van der Waals surface area contributed by atoms with Crippen molar-refractivity contribution < 1.29 is 14.3 Å². The summed E-state index contributed by atoms with van der Waals surface area (Å²) in [7, 11) is 1.65. The Bertz CT molecular complexity index is 537. The molecule has 6 heteroatoms. The van der Waals surface area contributed by atoms with Gasteiger partial charge in [0.2, 0.25) is 5.91 Å². The summed E-state index contributed by atoms with van der Waals surface area (Å²) in [5.74, 6) is 0.921. The van der Waals surface area contributed by atoms with Gasteiger partial charge in [-0.05, 0) is 49.3 Å². The van der Waals surface area contributed by atoms with Gasteiger partial charge in [0.1, 0.15) is 5.75 Å². The van der Waals surface area contributed by atoms with E-state index in [1.54, 1.807) is 7.11 Å². The SMILES string of the molecule is COc1ccc(CCCNC(=O)N2CCC(CC(N)=O)CC2)cc1. The number of nitrogens with two attached hydrogens (primary N) is 1. The molecule has 0 saturated carbocycles. The van der Waals surface area contributed by atoms with E-state index in [2.05, 4.69) is 5.32 Å². The first-order chi connectivity index (χ1) is 11.6. The molecule has 1 fully saturated rings. The van der Waals surface area contributed by atoms with Crippen LogP contribution in [0.4, 0.5) is 4.79 Å². The van der Waals surface area contributed by atoms with E-state index in [0.717, 1.165) is 31.4 Å². The van der Waals surface area contributed by atoms with Crippen LogP contribution in [0.15, 0.2) is 24.3 Å². The molecule has 1 saturated heterocycles. The number of aryl methyl sites for hydroxylation is 1. The van der Waals surface area contributed by atoms with Gasteiger partial charge in [-0.25, -0.2) is 4.79 Å². The number of carbonyl (C=O) groups is 2. The van der Waals surface area contributed by atoms with Crippen LogP contribution in [0.2, 0.25) is 0 Å². The number of likely N-dealkylation sites (tertiary alicyclic amines) is 1. The summed E-state index contributed by atoms with van der Waals surface area (Å²) in [6, 6.07) is 7.98. The van der Waals surface area contributed by atoms with Crippen LogP contribution < -0.4 is 15.8 Å². The lowest BCUT2D eigenvalue weighted by molar-refractivity contribution is -0.119. The van der Waals surface area contributed by atoms with Crippen LogP contribution in [-0.4, -0.2) is 43.6 Å². The fourth-order valence-electron chi connectivity index (χ4n) is 3.02. The molecule has 1 aliphatic rings. The van der Waals surface area contributed by atoms with Crippen molar-refractivity contribution in [1.82, 2.24) is 10.2 Å². The molecule has 0 bridgehead atoms. The molecule has 0 atom stereocenters. The topological polar surface area (TPSA) is 84.7 Å². The van der Waals surface area contributed by atoms with Gasteiger partial charge in [0.15, 0.2) is 0 Å². The van der Waals surface area contributed by atoms with Crippen LogP contribution in [0, 0.1) is 5.92 Å². The first-order valence-electron chi connectivity index (χ1n) is 8.52.